The fourth-order valence-electron chi connectivity index (χ4n) is 3.89. The van der Waals surface area contributed by atoms with Crippen molar-refractivity contribution in [2.45, 2.75) is 12.2 Å². The third-order valence-electron chi connectivity index (χ3n) is 5.52. The van der Waals surface area contributed by atoms with Gasteiger partial charge in [0.15, 0.2) is 0 Å². The van der Waals surface area contributed by atoms with E-state index < -0.39 is 0 Å². The number of benzene rings is 4. The van der Waals surface area contributed by atoms with Crippen LogP contribution < -0.4 is 0 Å². The number of hydrogen-bond donors (Lipinski definition) is 0. The zero-order chi connectivity index (χ0) is 22.3. The normalized spacial score (nSPS) is 17.0. The van der Waals surface area contributed by atoms with E-state index in [4.69, 9.17) is 4.74 Å². The second-order valence-electron chi connectivity index (χ2n) is 7.78. The van der Waals surface area contributed by atoms with E-state index in [1.807, 2.05) is 97.1 Å². The molecule has 1 aliphatic rings. The lowest BCUT2D eigenvalue weighted by atomic mass is 9.95. The Morgan fingerprint density at radius 3 is 1.09 bits per heavy atom. The predicted molar refractivity (Wildman–Crippen MR) is 133 cm³/mol. The number of rotatable bonds is 2. The maximum Gasteiger partial charge on any atom is 0.118 e. The molecule has 0 aliphatic carbocycles. The molecule has 0 amide bonds. The van der Waals surface area contributed by atoms with Crippen molar-refractivity contribution in [2.75, 3.05) is 0 Å². The van der Waals surface area contributed by atoms with Gasteiger partial charge in [-0.3, -0.25) is 0 Å². The lowest BCUT2D eigenvalue weighted by molar-refractivity contribution is 0.0549. The Bertz CT molecular complexity index is 1250. The highest BCUT2D eigenvalue weighted by Crippen LogP contribution is 2.45. The highest BCUT2D eigenvalue weighted by Gasteiger charge is 2.35. The van der Waals surface area contributed by atoms with E-state index in [0.717, 1.165) is 33.4 Å². The first-order valence-electron chi connectivity index (χ1n) is 11.0. The van der Waals surface area contributed by atoms with Gasteiger partial charge in [0.2, 0.25) is 0 Å². The van der Waals surface area contributed by atoms with Gasteiger partial charge in [0, 0.05) is 11.1 Å². The summed E-state index contributed by atoms with van der Waals surface area (Å²) in [5.41, 5.74) is 5.93. The van der Waals surface area contributed by atoms with Crippen LogP contribution in [-0.2, 0) is 4.74 Å². The average molecular weight is 423 g/mol. The summed E-state index contributed by atoms with van der Waals surface area (Å²) in [7, 11) is 0. The van der Waals surface area contributed by atoms with E-state index in [0.29, 0.717) is 0 Å². The molecule has 0 radical (unpaired) electrons. The quantitative estimate of drug-likeness (QED) is 0.319. The molecule has 4 aromatic rings. The van der Waals surface area contributed by atoms with E-state index in [1.165, 1.54) is 0 Å². The predicted octanol–water partition coefficient (Wildman–Crippen LogP) is 6.90. The molecule has 1 heterocycles. The van der Waals surface area contributed by atoms with E-state index in [9.17, 15) is 0 Å². The van der Waals surface area contributed by atoms with Crippen molar-refractivity contribution in [3.05, 3.63) is 155 Å². The van der Waals surface area contributed by atoms with Crippen molar-refractivity contribution in [1.82, 2.24) is 0 Å². The minimum absolute atomic E-state index is 0.271. The van der Waals surface area contributed by atoms with Crippen molar-refractivity contribution in [3.8, 4) is 23.7 Å². The van der Waals surface area contributed by atoms with E-state index in [-0.39, 0.29) is 12.2 Å². The van der Waals surface area contributed by atoms with Crippen LogP contribution in [0.4, 0.5) is 0 Å². The molecular formula is C32H22O. The highest BCUT2D eigenvalue weighted by molar-refractivity contribution is 5.57. The third-order valence-corrected chi connectivity index (χ3v) is 5.52. The van der Waals surface area contributed by atoms with E-state index in [2.05, 4.69) is 47.9 Å². The van der Waals surface area contributed by atoms with Crippen LogP contribution in [0.5, 0.6) is 0 Å². The molecule has 1 nitrogen and oxygen atoms in total. The standard InChI is InChI=1S/C32H22O/c1-5-13-25(14-6-1)21-23-29-30(24-22-26-15-7-2-8-16-26)32(28-19-11-4-12-20-28)33-31(29)27-17-9-3-10-18-27/h1-20,31-32H. The van der Waals surface area contributed by atoms with Crippen LogP contribution in [0.1, 0.15) is 34.5 Å². The smallest absolute Gasteiger partial charge is 0.118 e. The van der Waals surface area contributed by atoms with Crippen molar-refractivity contribution in [3.63, 3.8) is 0 Å². The monoisotopic (exact) mass is 422 g/mol. The first-order valence-corrected chi connectivity index (χ1v) is 11.0. The average Bonchev–Trinajstić information content (AvgIpc) is 3.27. The Labute approximate surface area is 195 Å². The van der Waals surface area contributed by atoms with Gasteiger partial charge in [-0.25, -0.2) is 0 Å². The van der Waals surface area contributed by atoms with Crippen molar-refractivity contribution in [2.24, 2.45) is 0 Å². The molecule has 2 unspecified atom stereocenters. The van der Waals surface area contributed by atoms with Gasteiger partial charge in [-0.1, -0.05) is 121 Å². The summed E-state index contributed by atoms with van der Waals surface area (Å²) in [6.45, 7) is 0. The van der Waals surface area contributed by atoms with Crippen LogP contribution in [0.2, 0.25) is 0 Å². The van der Waals surface area contributed by atoms with Crippen LogP contribution in [0.3, 0.4) is 0 Å². The van der Waals surface area contributed by atoms with Gasteiger partial charge in [-0.05, 0) is 35.4 Å². The zero-order valence-corrected chi connectivity index (χ0v) is 18.1. The van der Waals surface area contributed by atoms with Gasteiger partial charge < -0.3 is 4.74 Å². The third kappa shape index (κ3) is 4.81. The second kappa shape index (κ2) is 9.88. The van der Waals surface area contributed by atoms with Crippen LogP contribution in [0, 0.1) is 23.7 Å². The molecule has 2 atom stereocenters. The Kier molecular flexibility index (Phi) is 6.17. The minimum Gasteiger partial charge on any atom is -0.355 e. The Morgan fingerprint density at radius 1 is 0.394 bits per heavy atom. The maximum atomic E-state index is 6.66. The molecular weight excluding hydrogens is 400 g/mol. The molecule has 0 fully saturated rings. The minimum atomic E-state index is -0.271. The summed E-state index contributed by atoms with van der Waals surface area (Å²) in [6.07, 6.45) is -0.541. The van der Waals surface area contributed by atoms with Gasteiger partial charge in [0.05, 0.1) is 11.1 Å². The van der Waals surface area contributed by atoms with Crippen LogP contribution in [-0.4, -0.2) is 0 Å². The van der Waals surface area contributed by atoms with Gasteiger partial charge in [-0.2, -0.15) is 0 Å². The highest BCUT2D eigenvalue weighted by atomic mass is 16.5. The molecule has 0 saturated heterocycles. The maximum absolute atomic E-state index is 6.66. The fraction of sp³-hybridized carbons (Fsp3) is 0.0625. The second-order valence-corrected chi connectivity index (χ2v) is 7.78. The SMILES string of the molecule is C(#Cc1ccccc1)C1=C(C#Cc2ccccc2)C(c2ccccc2)OC1c1ccccc1. The lowest BCUT2D eigenvalue weighted by Crippen LogP contribution is -2.03. The zero-order valence-electron chi connectivity index (χ0n) is 18.1. The Balaban J connectivity index is 1.68. The molecule has 0 saturated carbocycles. The van der Waals surface area contributed by atoms with Gasteiger partial charge in [-0.15, -0.1) is 0 Å². The lowest BCUT2D eigenvalue weighted by Gasteiger charge is -2.16. The first-order chi connectivity index (χ1) is 16.4. The summed E-state index contributed by atoms with van der Waals surface area (Å²) >= 11 is 0. The summed E-state index contributed by atoms with van der Waals surface area (Å²) in [5, 5.41) is 0. The molecule has 0 bridgehead atoms. The molecule has 1 aliphatic heterocycles. The van der Waals surface area contributed by atoms with E-state index in [1.54, 1.807) is 0 Å². The molecule has 5 rings (SSSR count). The largest absolute Gasteiger partial charge is 0.355 e. The van der Waals surface area contributed by atoms with Crippen molar-refractivity contribution < 1.29 is 4.74 Å². The fourth-order valence-corrected chi connectivity index (χ4v) is 3.89. The van der Waals surface area contributed by atoms with Gasteiger partial charge in [0.25, 0.3) is 0 Å². The molecule has 156 valence electrons. The van der Waals surface area contributed by atoms with Crippen LogP contribution >= 0.6 is 0 Å². The summed E-state index contributed by atoms with van der Waals surface area (Å²) in [4.78, 5) is 0. The Hall–Kier alpha value is -4.30. The molecule has 1 heteroatoms. The van der Waals surface area contributed by atoms with Crippen LogP contribution in [0.25, 0.3) is 0 Å². The molecule has 0 spiro atoms. The van der Waals surface area contributed by atoms with Crippen LogP contribution in [0.15, 0.2) is 132 Å². The van der Waals surface area contributed by atoms with Crippen molar-refractivity contribution in [1.29, 1.82) is 0 Å². The van der Waals surface area contributed by atoms with Crippen molar-refractivity contribution >= 4 is 0 Å². The summed E-state index contributed by atoms with van der Waals surface area (Å²) in [5.74, 6) is 13.5. The molecule has 0 aromatic heterocycles. The summed E-state index contributed by atoms with van der Waals surface area (Å²) in [6, 6.07) is 40.6. The number of hydrogen-bond acceptors (Lipinski definition) is 1. The molecule has 4 aromatic carbocycles. The first kappa shape index (κ1) is 20.6. The topological polar surface area (TPSA) is 9.23 Å². The summed E-state index contributed by atoms with van der Waals surface area (Å²) < 4.78 is 6.66. The number of ether oxygens (including phenoxy) is 1. The molecule has 0 N–H and O–H groups in total. The Morgan fingerprint density at radius 2 is 0.727 bits per heavy atom. The molecule has 33 heavy (non-hydrogen) atoms. The van der Waals surface area contributed by atoms with Gasteiger partial charge in [0.1, 0.15) is 12.2 Å². The van der Waals surface area contributed by atoms with E-state index >= 15 is 0 Å². The van der Waals surface area contributed by atoms with Gasteiger partial charge >= 0.3 is 0 Å².